The molecule has 1 heterocycles. The highest BCUT2D eigenvalue weighted by Crippen LogP contribution is 2.42. The number of nitrogens with zero attached hydrogens (tertiary/aromatic N) is 1. The molecule has 0 aliphatic carbocycles. The molecule has 0 aliphatic heterocycles. The third-order valence-corrected chi connectivity index (χ3v) is 4.02. The van der Waals surface area contributed by atoms with E-state index in [0.29, 0.717) is 0 Å². The van der Waals surface area contributed by atoms with Gasteiger partial charge in [-0.05, 0) is 18.2 Å². The second-order valence-electron chi connectivity index (χ2n) is 5.16. The molecule has 0 saturated heterocycles. The number of pyridine rings is 1. The zero-order valence-corrected chi connectivity index (χ0v) is 16.7. The van der Waals surface area contributed by atoms with E-state index in [1.165, 1.54) is 6.08 Å². The molecule has 0 spiro atoms. The van der Waals surface area contributed by atoms with Gasteiger partial charge >= 0.3 is 12.4 Å². The van der Waals surface area contributed by atoms with Crippen LogP contribution in [0.15, 0.2) is 34.8 Å². The van der Waals surface area contributed by atoms with Gasteiger partial charge in [-0.25, -0.2) is 4.98 Å². The standard InChI is InChI=1S/C16H7Cl4F6NO2/c17-8-6-11(9(18)5-10(8)28-4-3-13(19)20)29-14-7(15(21,22)23)1-2-12(27-14)16(24,25)26/h1-3,5-6H,4H2. The fourth-order valence-corrected chi connectivity index (χ4v) is 2.42. The second kappa shape index (κ2) is 9.07. The lowest BCUT2D eigenvalue weighted by Gasteiger charge is -2.16. The van der Waals surface area contributed by atoms with Gasteiger partial charge in [-0.3, -0.25) is 0 Å². The summed E-state index contributed by atoms with van der Waals surface area (Å²) >= 11 is 22.7. The minimum Gasteiger partial charge on any atom is -0.488 e. The first kappa shape index (κ1) is 23.7. The summed E-state index contributed by atoms with van der Waals surface area (Å²) in [6.45, 7) is -0.105. The van der Waals surface area contributed by atoms with Crippen molar-refractivity contribution in [2.24, 2.45) is 0 Å². The molecule has 3 nitrogen and oxygen atoms in total. The Morgan fingerprint density at radius 2 is 1.52 bits per heavy atom. The third kappa shape index (κ3) is 6.47. The zero-order valence-electron chi connectivity index (χ0n) is 13.6. The van der Waals surface area contributed by atoms with Gasteiger partial charge in [-0.15, -0.1) is 0 Å². The number of alkyl halides is 6. The van der Waals surface area contributed by atoms with Gasteiger partial charge in [0, 0.05) is 12.1 Å². The number of hydrogen-bond donors (Lipinski definition) is 0. The van der Waals surface area contributed by atoms with Gasteiger partial charge < -0.3 is 9.47 Å². The molecule has 13 heteroatoms. The van der Waals surface area contributed by atoms with Gasteiger partial charge in [-0.1, -0.05) is 46.4 Å². The van der Waals surface area contributed by atoms with Crippen molar-refractivity contribution < 1.29 is 35.8 Å². The molecule has 0 unspecified atom stereocenters. The van der Waals surface area contributed by atoms with E-state index >= 15 is 0 Å². The maximum absolute atomic E-state index is 13.1. The largest absolute Gasteiger partial charge is 0.488 e. The van der Waals surface area contributed by atoms with E-state index in [4.69, 9.17) is 55.9 Å². The number of rotatable bonds is 5. The lowest BCUT2D eigenvalue weighted by Crippen LogP contribution is -2.13. The highest BCUT2D eigenvalue weighted by Gasteiger charge is 2.39. The Morgan fingerprint density at radius 3 is 2.07 bits per heavy atom. The molecule has 1 aromatic heterocycles. The van der Waals surface area contributed by atoms with E-state index in [-0.39, 0.29) is 39.0 Å². The summed E-state index contributed by atoms with van der Waals surface area (Å²) in [5.41, 5.74) is -3.10. The Balaban J connectivity index is 2.42. The quantitative estimate of drug-likeness (QED) is 0.391. The van der Waals surface area contributed by atoms with Crippen LogP contribution in [0.1, 0.15) is 11.3 Å². The second-order valence-corrected chi connectivity index (χ2v) is 6.99. The highest BCUT2D eigenvalue weighted by molar-refractivity contribution is 6.55. The SMILES string of the molecule is FC(F)(F)c1ccc(C(F)(F)F)c(Oc2cc(Cl)c(OCC=C(Cl)Cl)cc2Cl)n1. The van der Waals surface area contributed by atoms with Crippen LogP contribution in [-0.2, 0) is 12.4 Å². The first-order valence-corrected chi connectivity index (χ1v) is 8.76. The maximum Gasteiger partial charge on any atom is 0.433 e. The van der Waals surface area contributed by atoms with Gasteiger partial charge in [0.05, 0.1) is 10.0 Å². The van der Waals surface area contributed by atoms with Crippen LogP contribution in [0.3, 0.4) is 0 Å². The van der Waals surface area contributed by atoms with E-state index in [1.807, 2.05) is 0 Å². The normalized spacial score (nSPS) is 11.9. The fraction of sp³-hybridized carbons (Fsp3) is 0.188. The van der Waals surface area contributed by atoms with Gasteiger partial charge in [-0.2, -0.15) is 26.3 Å². The van der Waals surface area contributed by atoms with E-state index in [1.54, 1.807) is 0 Å². The average Bonchev–Trinajstić information content (AvgIpc) is 2.57. The first-order chi connectivity index (χ1) is 13.3. The molecule has 0 N–H and O–H groups in total. The van der Waals surface area contributed by atoms with Crippen molar-refractivity contribution in [1.82, 2.24) is 4.98 Å². The van der Waals surface area contributed by atoms with Crippen molar-refractivity contribution in [1.29, 1.82) is 0 Å². The topological polar surface area (TPSA) is 31.4 Å². The first-order valence-electron chi connectivity index (χ1n) is 7.25. The van der Waals surface area contributed by atoms with Crippen LogP contribution in [0.2, 0.25) is 10.0 Å². The van der Waals surface area contributed by atoms with Crippen molar-refractivity contribution in [3.8, 4) is 17.4 Å². The molecule has 0 fully saturated rings. The van der Waals surface area contributed by atoms with E-state index in [0.717, 1.165) is 12.1 Å². The molecule has 158 valence electrons. The summed E-state index contributed by atoms with van der Waals surface area (Å²) in [5.74, 6) is -1.80. The van der Waals surface area contributed by atoms with Crippen molar-refractivity contribution in [3.63, 3.8) is 0 Å². The molecule has 0 aliphatic rings. The summed E-state index contributed by atoms with van der Waals surface area (Å²) in [7, 11) is 0. The van der Waals surface area contributed by atoms with Crippen LogP contribution in [-0.4, -0.2) is 11.6 Å². The third-order valence-electron chi connectivity index (χ3n) is 3.13. The Labute approximate surface area is 179 Å². The molecule has 0 atom stereocenters. The Morgan fingerprint density at radius 1 is 0.931 bits per heavy atom. The predicted molar refractivity (Wildman–Crippen MR) is 96.1 cm³/mol. The summed E-state index contributed by atoms with van der Waals surface area (Å²) in [6, 6.07) is 2.46. The van der Waals surface area contributed by atoms with Crippen LogP contribution >= 0.6 is 46.4 Å². The summed E-state index contributed by atoms with van der Waals surface area (Å²) in [5, 5.41) is -0.443. The lowest BCUT2D eigenvalue weighted by molar-refractivity contribution is -0.145. The van der Waals surface area contributed by atoms with Crippen molar-refractivity contribution in [3.05, 3.63) is 56.1 Å². The number of benzene rings is 1. The molecule has 0 amide bonds. The maximum atomic E-state index is 13.1. The minimum atomic E-state index is -5.03. The number of ether oxygens (including phenoxy) is 2. The predicted octanol–water partition coefficient (Wildman–Crippen LogP) is 7.92. The summed E-state index contributed by atoms with van der Waals surface area (Å²) < 4.78 is 87.9. The average molecular weight is 501 g/mol. The van der Waals surface area contributed by atoms with Crippen LogP contribution < -0.4 is 9.47 Å². The number of aromatic nitrogens is 1. The molecular weight excluding hydrogens is 494 g/mol. The minimum absolute atomic E-state index is 0.00268. The van der Waals surface area contributed by atoms with Crippen LogP contribution in [0, 0.1) is 0 Å². The molecule has 0 saturated carbocycles. The molecule has 2 rings (SSSR count). The fourth-order valence-electron chi connectivity index (χ4n) is 1.89. The van der Waals surface area contributed by atoms with Crippen molar-refractivity contribution in [2.75, 3.05) is 6.61 Å². The van der Waals surface area contributed by atoms with E-state index in [2.05, 4.69) is 4.98 Å². The Bertz CT molecular complexity index is 927. The number of halogens is 10. The van der Waals surface area contributed by atoms with Gasteiger partial charge in [0.2, 0.25) is 5.88 Å². The molecule has 0 radical (unpaired) electrons. The molecule has 1 aromatic carbocycles. The summed E-state index contributed by atoms with van der Waals surface area (Å²) in [4.78, 5) is 2.93. The zero-order chi connectivity index (χ0) is 22.0. The van der Waals surface area contributed by atoms with Crippen LogP contribution in [0.4, 0.5) is 26.3 Å². The van der Waals surface area contributed by atoms with Gasteiger partial charge in [0.1, 0.15) is 33.9 Å². The summed E-state index contributed by atoms with van der Waals surface area (Å²) in [6.07, 6.45) is -8.74. The lowest BCUT2D eigenvalue weighted by atomic mass is 10.2. The Kier molecular flexibility index (Phi) is 7.42. The van der Waals surface area contributed by atoms with E-state index in [9.17, 15) is 26.3 Å². The smallest absolute Gasteiger partial charge is 0.433 e. The van der Waals surface area contributed by atoms with E-state index < -0.39 is 35.2 Å². The van der Waals surface area contributed by atoms with Crippen molar-refractivity contribution >= 4 is 46.4 Å². The van der Waals surface area contributed by atoms with Gasteiger partial charge in [0.25, 0.3) is 0 Å². The highest BCUT2D eigenvalue weighted by atomic mass is 35.5. The molecular formula is C16H7Cl4F6NO2. The Hall–Kier alpha value is -1.55. The van der Waals surface area contributed by atoms with Crippen LogP contribution in [0.25, 0.3) is 0 Å². The molecule has 2 aromatic rings. The molecule has 29 heavy (non-hydrogen) atoms. The van der Waals surface area contributed by atoms with Crippen molar-refractivity contribution in [2.45, 2.75) is 12.4 Å². The monoisotopic (exact) mass is 499 g/mol. The molecule has 0 bridgehead atoms. The van der Waals surface area contributed by atoms with Crippen LogP contribution in [0.5, 0.6) is 17.4 Å². The number of hydrogen-bond acceptors (Lipinski definition) is 3. The van der Waals surface area contributed by atoms with Gasteiger partial charge in [0.15, 0.2) is 0 Å².